The van der Waals surface area contributed by atoms with E-state index in [4.69, 9.17) is 9.47 Å². The number of urea groups is 1. The Morgan fingerprint density at radius 1 is 1.39 bits per heavy atom. The highest BCUT2D eigenvalue weighted by Gasteiger charge is 2.55. The molecule has 3 heterocycles. The summed E-state index contributed by atoms with van der Waals surface area (Å²) >= 11 is 0. The molecule has 1 N–H and O–H groups in total. The zero-order valence-electron chi connectivity index (χ0n) is 10.3. The third kappa shape index (κ3) is 1.65. The minimum Gasteiger partial charge on any atom is -0.373 e. The summed E-state index contributed by atoms with van der Waals surface area (Å²) in [4.78, 5) is 14.2. The first-order valence-corrected chi connectivity index (χ1v) is 6.76. The zero-order chi connectivity index (χ0) is 12.2. The number of amides is 2. The minimum absolute atomic E-state index is 0.0581. The van der Waals surface area contributed by atoms with Crippen molar-refractivity contribution in [3.05, 3.63) is 12.2 Å². The molecule has 5 nitrogen and oxygen atoms in total. The first-order chi connectivity index (χ1) is 8.78. The van der Waals surface area contributed by atoms with Crippen molar-refractivity contribution in [3.63, 3.8) is 0 Å². The van der Waals surface area contributed by atoms with Crippen LogP contribution in [0.3, 0.4) is 0 Å². The topological polar surface area (TPSA) is 57.4 Å². The molecule has 0 aromatic carbocycles. The molecule has 0 saturated carbocycles. The fraction of sp³-hybridized carbons (Fsp3) is 0.769. The van der Waals surface area contributed by atoms with Gasteiger partial charge < -0.3 is 19.7 Å². The van der Waals surface area contributed by atoms with Crippen LogP contribution in [0.5, 0.6) is 0 Å². The van der Waals surface area contributed by atoms with E-state index in [9.17, 15) is 4.79 Å². The lowest BCUT2D eigenvalue weighted by Crippen LogP contribution is -2.54. The molecule has 0 bridgehead atoms. The Labute approximate surface area is 106 Å². The van der Waals surface area contributed by atoms with Crippen molar-refractivity contribution in [3.8, 4) is 0 Å². The molecule has 4 unspecified atom stereocenters. The van der Waals surface area contributed by atoms with E-state index in [-0.39, 0.29) is 23.7 Å². The number of hydrogen-bond donors (Lipinski definition) is 1. The lowest BCUT2D eigenvalue weighted by Gasteiger charge is -2.41. The highest BCUT2D eigenvalue weighted by atomic mass is 16.6. The van der Waals surface area contributed by atoms with Crippen molar-refractivity contribution in [2.45, 2.75) is 43.1 Å². The number of ether oxygens (including phenoxy) is 2. The van der Waals surface area contributed by atoms with Gasteiger partial charge in [-0.25, -0.2) is 4.79 Å². The van der Waals surface area contributed by atoms with Gasteiger partial charge in [-0.15, -0.1) is 0 Å². The largest absolute Gasteiger partial charge is 0.373 e. The number of nitrogens with zero attached hydrogens (tertiary/aromatic N) is 1. The third-order valence-electron chi connectivity index (χ3n) is 4.49. The number of allylic oxidation sites excluding steroid dienone is 1. The first-order valence-electron chi connectivity index (χ1n) is 6.76. The van der Waals surface area contributed by atoms with Gasteiger partial charge in [-0.2, -0.15) is 0 Å². The number of fused-ring (bicyclic) bond motifs is 1. The van der Waals surface area contributed by atoms with Crippen molar-refractivity contribution in [1.29, 1.82) is 0 Å². The van der Waals surface area contributed by atoms with Crippen LogP contribution in [0.2, 0.25) is 0 Å². The van der Waals surface area contributed by atoms with Crippen LogP contribution >= 0.6 is 0 Å². The number of nitrogens with one attached hydrogen (secondary N) is 1. The van der Waals surface area contributed by atoms with E-state index >= 15 is 0 Å². The van der Waals surface area contributed by atoms with Crippen LogP contribution in [0.1, 0.15) is 19.3 Å². The van der Waals surface area contributed by atoms with Crippen LogP contribution in [0.25, 0.3) is 0 Å². The predicted octanol–water partition coefficient (Wildman–Crippen LogP) is 0.657. The first kappa shape index (κ1) is 10.8. The maximum Gasteiger partial charge on any atom is 0.318 e. The van der Waals surface area contributed by atoms with Gasteiger partial charge in [0.1, 0.15) is 0 Å². The van der Waals surface area contributed by atoms with E-state index in [2.05, 4.69) is 17.5 Å². The second-order valence-corrected chi connectivity index (χ2v) is 5.72. The van der Waals surface area contributed by atoms with Gasteiger partial charge in [0.2, 0.25) is 0 Å². The highest BCUT2D eigenvalue weighted by molar-refractivity contribution is 5.79. The van der Waals surface area contributed by atoms with E-state index in [1.54, 1.807) is 0 Å². The summed E-state index contributed by atoms with van der Waals surface area (Å²) in [5.74, 6) is 0. The molecule has 0 spiro atoms. The monoisotopic (exact) mass is 250 g/mol. The lowest BCUT2D eigenvalue weighted by atomic mass is 9.78. The maximum absolute atomic E-state index is 12.2. The van der Waals surface area contributed by atoms with Crippen LogP contribution in [0.15, 0.2) is 12.2 Å². The van der Waals surface area contributed by atoms with Gasteiger partial charge in [-0.3, -0.25) is 0 Å². The Kier molecular flexibility index (Phi) is 2.23. The molecule has 0 aromatic heterocycles. The molecule has 4 aliphatic rings. The smallest absolute Gasteiger partial charge is 0.318 e. The molecule has 4 rings (SSSR count). The number of rotatable bonds is 4. The summed E-state index contributed by atoms with van der Waals surface area (Å²) in [6.07, 6.45) is 7.94. The van der Waals surface area contributed by atoms with E-state index in [1.807, 2.05) is 4.90 Å². The average Bonchev–Trinajstić information content (AvgIpc) is 3.22. The van der Waals surface area contributed by atoms with Gasteiger partial charge in [0, 0.05) is 6.42 Å². The molecular formula is C13H18N2O3. The molecule has 4 atom stereocenters. The highest BCUT2D eigenvalue weighted by Crippen LogP contribution is 2.41. The van der Waals surface area contributed by atoms with Crippen molar-refractivity contribution in [2.24, 2.45) is 0 Å². The van der Waals surface area contributed by atoms with Crippen molar-refractivity contribution in [1.82, 2.24) is 10.2 Å². The molecule has 3 aliphatic heterocycles. The third-order valence-corrected chi connectivity index (χ3v) is 4.49. The number of hydrogen-bond acceptors (Lipinski definition) is 3. The van der Waals surface area contributed by atoms with Crippen molar-refractivity contribution in [2.75, 3.05) is 19.8 Å². The molecule has 2 amide bonds. The van der Waals surface area contributed by atoms with Crippen LogP contribution in [-0.4, -0.2) is 54.5 Å². The summed E-state index contributed by atoms with van der Waals surface area (Å²) in [5.41, 5.74) is -0.0844. The Balaban J connectivity index is 1.64. The summed E-state index contributed by atoms with van der Waals surface area (Å²) in [6, 6.07) is 0.199. The Hall–Kier alpha value is -1.07. The van der Waals surface area contributed by atoms with Gasteiger partial charge in [-0.05, 0) is 12.8 Å². The van der Waals surface area contributed by atoms with Gasteiger partial charge in [0.15, 0.2) is 0 Å². The number of carbonyl (C=O) groups excluding carboxylic acids is 1. The summed E-state index contributed by atoms with van der Waals surface area (Å²) in [5, 5.41) is 3.10. The van der Waals surface area contributed by atoms with Crippen LogP contribution in [0, 0.1) is 0 Å². The van der Waals surface area contributed by atoms with Gasteiger partial charge in [0.25, 0.3) is 0 Å². The van der Waals surface area contributed by atoms with E-state index in [0.29, 0.717) is 6.10 Å². The van der Waals surface area contributed by atoms with Crippen LogP contribution in [0.4, 0.5) is 4.79 Å². The van der Waals surface area contributed by atoms with Crippen molar-refractivity contribution >= 4 is 6.03 Å². The molecule has 3 fully saturated rings. The van der Waals surface area contributed by atoms with Gasteiger partial charge in [-0.1, -0.05) is 12.2 Å². The van der Waals surface area contributed by atoms with E-state index in [0.717, 1.165) is 39.0 Å². The molecular weight excluding hydrogens is 232 g/mol. The Bertz CT molecular complexity index is 403. The second-order valence-electron chi connectivity index (χ2n) is 5.72. The average molecular weight is 250 g/mol. The molecule has 1 aliphatic carbocycles. The SMILES string of the molecule is O=C1NC2C=CCCC2(CC2CO2)N1CC1CO1. The maximum atomic E-state index is 12.2. The molecule has 3 saturated heterocycles. The minimum atomic E-state index is -0.0844. The summed E-state index contributed by atoms with van der Waals surface area (Å²) in [6.45, 7) is 2.36. The number of epoxide rings is 2. The lowest BCUT2D eigenvalue weighted by molar-refractivity contribution is 0.107. The standard InChI is InChI=1S/C13H18N2O3/c16-12-14-11-3-1-2-4-13(11,5-9-7-17-9)15(12)6-10-8-18-10/h1,3,9-11H,2,4-8H2,(H,14,16). The van der Waals surface area contributed by atoms with E-state index < -0.39 is 0 Å². The van der Waals surface area contributed by atoms with Crippen LogP contribution < -0.4 is 5.32 Å². The normalized spacial score (nSPS) is 44.8. The van der Waals surface area contributed by atoms with Gasteiger partial charge in [0.05, 0.1) is 43.5 Å². The van der Waals surface area contributed by atoms with Crippen LogP contribution in [-0.2, 0) is 9.47 Å². The molecule has 0 aromatic rings. The molecule has 5 heteroatoms. The quantitative estimate of drug-likeness (QED) is 0.589. The molecule has 0 radical (unpaired) electrons. The molecule has 18 heavy (non-hydrogen) atoms. The predicted molar refractivity (Wildman–Crippen MR) is 64.2 cm³/mol. The van der Waals surface area contributed by atoms with Gasteiger partial charge >= 0.3 is 6.03 Å². The Morgan fingerprint density at radius 3 is 2.89 bits per heavy atom. The Morgan fingerprint density at radius 2 is 2.17 bits per heavy atom. The summed E-state index contributed by atoms with van der Waals surface area (Å²) < 4.78 is 10.7. The second kappa shape index (κ2) is 3.71. The van der Waals surface area contributed by atoms with Crippen molar-refractivity contribution < 1.29 is 14.3 Å². The fourth-order valence-corrected chi connectivity index (χ4v) is 3.36. The zero-order valence-corrected chi connectivity index (χ0v) is 10.3. The number of carbonyl (C=O) groups is 1. The molecule has 98 valence electrons. The fourth-order valence-electron chi connectivity index (χ4n) is 3.36. The summed E-state index contributed by atoms with van der Waals surface area (Å²) in [7, 11) is 0. The van der Waals surface area contributed by atoms with E-state index in [1.165, 1.54) is 0 Å².